The van der Waals surface area contributed by atoms with Gasteiger partial charge in [0.1, 0.15) is 0 Å². The van der Waals surface area contributed by atoms with Crippen molar-refractivity contribution in [3.05, 3.63) is 23.4 Å². The zero-order valence-corrected chi connectivity index (χ0v) is 14.8. The summed E-state index contributed by atoms with van der Waals surface area (Å²) in [4.78, 5) is 4.59. The minimum atomic E-state index is 0.113. The summed E-state index contributed by atoms with van der Waals surface area (Å²) in [7, 11) is 0. The van der Waals surface area contributed by atoms with Gasteiger partial charge >= 0.3 is 0 Å². The Bertz CT molecular complexity index is 435. The number of aryl methyl sites for hydroxylation is 1. The fourth-order valence-electron chi connectivity index (χ4n) is 2.25. The summed E-state index contributed by atoms with van der Waals surface area (Å²) in [5.74, 6) is 1.39. The molecule has 21 heavy (non-hydrogen) atoms. The quantitative estimate of drug-likeness (QED) is 0.811. The van der Waals surface area contributed by atoms with Crippen molar-refractivity contribution in [1.82, 2.24) is 10.3 Å². The summed E-state index contributed by atoms with van der Waals surface area (Å²) in [5.41, 5.74) is 2.44. The average molecular weight is 292 g/mol. The fourth-order valence-corrected chi connectivity index (χ4v) is 2.25. The second-order valence-electron chi connectivity index (χ2n) is 7.32. The Kier molecular flexibility index (Phi) is 6.66. The van der Waals surface area contributed by atoms with E-state index in [0.717, 1.165) is 31.0 Å². The molecule has 0 amide bonds. The van der Waals surface area contributed by atoms with Crippen molar-refractivity contribution in [3.8, 4) is 5.88 Å². The molecule has 1 unspecified atom stereocenters. The molecular formula is C18H32N2O. The lowest BCUT2D eigenvalue weighted by Gasteiger charge is -2.21. The van der Waals surface area contributed by atoms with Gasteiger partial charge in [-0.05, 0) is 58.1 Å². The van der Waals surface area contributed by atoms with Crippen LogP contribution in [0.1, 0.15) is 66.1 Å². The van der Waals surface area contributed by atoms with Crippen LogP contribution in [0.2, 0.25) is 0 Å². The summed E-state index contributed by atoms with van der Waals surface area (Å²) in [5, 5.41) is 3.52. The minimum Gasteiger partial charge on any atom is -0.475 e. The maximum absolute atomic E-state index is 6.00. The van der Waals surface area contributed by atoms with Crippen molar-refractivity contribution >= 4 is 0 Å². The maximum Gasteiger partial charge on any atom is 0.214 e. The van der Waals surface area contributed by atoms with E-state index in [4.69, 9.17) is 4.74 Å². The van der Waals surface area contributed by atoms with Crippen LogP contribution in [0.5, 0.6) is 5.88 Å². The van der Waals surface area contributed by atoms with Gasteiger partial charge in [-0.2, -0.15) is 0 Å². The third-order valence-corrected chi connectivity index (χ3v) is 3.23. The maximum atomic E-state index is 6.00. The SMILES string of the molecule is CCc1cc(CNC(C)(C)C)cc(OC(C)CC(C)C)n1. The number of aromatic nitrogens is 1. The van der Waals surface area contributed by atoms with Gasteiger partial charge in [-0.25, -0.2) is 4.98 Å². The highest BCUT2D eigenvalue weighted by Gasteiger charge is 2.12. The van der Waals surface area contributed by atoms with Crippen molar-refractivity contribution in [1.29, 1.82) is 0 Å². The molecule has 1 aromatic heterocycles. The van der Waals surface area contributed by atoms with Gasteiger partial charge < -0.3 is 10.1 Å². The molecule has 0 spiro atoms. The van der Waals surface area contributed by atoms with E-state index in [-0.39, 0.29) is 11.6 Å². The zero-order valence-electron chi connectivity index (χ0n) is 14.8. The number of pyridine rings is 1. The van der Waals surface area contributed by atoms with Crippen LogP contribution < -0.4 is 10.1 Å². The normalized spacial score (nSPS) is 13.5. The van der Waals surface area contributed by atoms with E-state index in [9.17, 15) is 0 Å². The first-order valence-corrected chi connectivity index (χ1v) is 8.11. The summed E-state index contributed by atoms with van der Waals surface area (Å²) in [6.45, 7) is 16.1. The first-order chi connectivity index (χ1) is 9.69. The highest BCUT2D eigenvalue weighted by atomic mass is 16.5. The molecular weight excluding hydrogens is 260 g/mol. The van der Waals surface area contributed by atoms with Crippen LogP contribution in [0.15, 0.2) is 12.1 Å². The van der Waals surface area contributed by atoms with E-state index in [2.05, 4.69) is 70.9 Å². The van der Waals surface area contributed by atoms with E-state index < -0.39 is 0 Å². The molecule has 0 radical (unpaired) electrons. The Morgan fingerprint density at radius 2 is 1.86 bits per heavy atom. The molecule has 0 aliphatic rings. The summed E-state index contributed by atoms with van der Waals surface area (Å²) in [6.07, 6.45) is 2.18. The van der Waals surface area contributed by atoms with Crippen LogP contribution in [0.4, 0.5) is 0 Å². The Hall–Kier alpha value is -1.09. The smallest absolute Gasteiger partial charge is 0.214 e. The molecule has 3 nitrogen and oxygen atoms in total. The first-order valence-electron chi connectivity index (χ1n) is 8.11. The Labute approximate surface area is 130 Å². The molecule has 0 aliphatic carbocycles. The van der Waals surface area contributed by atoms with Crippen LogP contribution >= 0.6 is 0 Å². The average Bonchev–Trinajstić information content (AvgIpc) is 2.34. The van der Waals surface area contributed by atoms with E-state index >= 15 is 0 Å². The summed E-state index contributed by atoms with van der Waals surface area (Å²) < 4.78 is 6.00. The Morgan fingerprint density at radius 3 is 2.38 bits per heavy atom. The van der Waals surface area contributed by atoms with Gasteiger partial charge in [0.2, 0.25) is 5.88 Å². The molecule has 1 rings (SSSR count). The van der Waals surface area contributed by atoms with E-state index in [1.165, 1.54) is 5.56 Å². The van der Waals surface area contributed by atoms with Crippen molar-refractivity contribution in [3.63, 3.8) is 0 Å². The largest absolute Gasteiger partial charge is 0.475 e. The zero-order chi connectivity index (χ0) is 16.0. The van der Waals surface area contributed by atoms with Crippen molar-refractivity contribution in [2.45, 2.75) is 79.5 Å². The first kappa shape index (κ1) is 18.0. The number of nitrogens with zero attached hydrogens (tertiary/aromatic N) is 1. The second kappa shape index (κ2) is 7.79. The molecule has 3 heteroatoms. The van der Waals surface area contributed by atoms with E-state index in [0.29, 0.717) is 5.92 Å². The molecule has 1 heterocycles. The second-order valence-corrected chi connectivity index (χ2v) is 7.32. The molecule has 1 aromatic rings. The van der Waals surface area contributed by atoms with Crippen molar-refractivity contribution < 1.29 is 4.74 Å². The summed E-state index contributed by atoms with van der Waals surface area (Å²) in [6, 6.07) is 4.23. The molecule has 1 atom stereocenters. The van der Waals surface area contributed by atoms with Gasteiger partial charge in [-0.3, -0.25) is 0 Å². The third-order valence-electron chi connectivity index (χ3n) is 3.23. The lowest BCUT2D eigenvalue weighted by Crippen LogP contribution is -2.35. The van der Waals surface area contributed by atoms with Gasteiger partial charge in [0.05, 0.1) is 6.10 Å². The number of rotatable bonds is 7. The molecule has 0 aromatic carbocycles. The van der Waals surface area contributed by atoms with Crippen LogP contribution in [0.3, 0.4) is 0 Å². The van der Waals surface area contributed by atoms with Gasteiger partial charge in [0, 0.05) is 23.8 Å². The lowest BCUT2D eigenvalue weighted by atomic mass is 10.1. The molecule has 0 fully saturated rings. The predicted octanol–water partition coefficient (Wildman–Crippen LogP) is 4.35. The predicted molar refractivity (Wildman–Crippen MR) is 89.8 cm³/mol. The number of ether oxygens (including phenoxy) is 1. The van der Waals surface area contributed by atoms with Crippen LogP contribution in [0, 0.1) is 5.92 Å². The van der Waals surface area contributed by atoms with Gasteiger partial charge in [-0.15, -0.1) is 0 Å². The molecule has 1 N–H and O–H groups in total. The van der Waals surface area contributed by atoms with Gasteiger partial charge in [0.25, 0.3) is 0 Å². The van der Waals surface area contributed by atoms with Crippen LogP contribution in [-0.2, 0) is 13.0 Å². The molecule has 0 bridgehead atoms. The highest BCUT2D eigenvalue weighted by Crippen LogP contribution is 2.18. The van der Waals surface area contributed by atoms with Crippen LogP contribution in [0.25, 0.3) is 0 Å². The highest BCUT2D eigenvalue weighted by molar-refractivity contribution is 5.25. The number of hydrogen-bond acceptors (Lipinski definition) is 3. The van der Waals surface area contributed by atoms with Crippen molar-refractivity contribution in [2.75, 3.05) is 0 Å². The standard InChI is InChI=1S/C18H32N2O/c1-8-16-10-15(12-19-18(5,6)7)11-17(20-16)21-14(4)9-13(2)3/h10-11,13-14,19H,8-9,12H2,1-7H3. The summed E-state index contributed by atoms with van der Waals surface area (Å²) >= 11 is 0. The monoisotopic (exact) mass is 292 g/mol. The Balaban J connectivity index is 2.79. The molecule has 0 saturated carbocycles. The van der Waals surface area contributed by atoms with Gasteiger partial charge in [0.15, 0.2) is 0 Å². The minimum absolute atomic E-state index is 0.113. The molecule has 120 valence electrons. The topological polar surface area (TPSA) is 34.1 Å². The number of hydrogen-bond donors (Lipinski definition) is 1. The molecule has 0 saturated heterocycles. The van der Waals surface area contributed by atoms with Crippen LogP contribution in [-0.4, -0.2) is 16.6 Å². The Morgan fingerprint density at radius 1 is 1.19 bits per heavy atom. The van der Waals surface area contributed by atoms with E-state index in [1.807, 2.05) is 0 Å². The lowest BCUT2D eigenvalue weighted by molar-refractivity contribution is 0.185. The van der Waals surface area contributed by atoms with Gasteiger partial charge in [-0.1, -0.05) is 20.8 Å². The number of nitrogens with one attached hydrogen (secondary N) is 1. The molecule has 0 aliphatic heterocycles. The van der Waals surface area contributed by atoms with Crippen molar-refractivity contribution in [2.24, 2.45) is 5.92 Å². The third kappa shape index (κ3) is 7.47. The van der Waals surface area contributed by atoms with E-state index in [1.54, 1.807) is 0 Å². The fraction of sp³-hybridized carbons (Fsp3) is 0.722.